The summed E-state index contributed by atoms with van der Waals surface area (Å²) >= 11 is 4.80. The van der Waals surface area contributed by atoms with Gasteiger partial charge in [0, 0.05) is 20.5 Å². The summed E-state index contributed by atoms with van der Waals surface area (Å²) in [5.74, 6) is -0.727. The van der Waals surface area contributed by atoms with Gasteiger partial charge in [0.1, 0.15) is 10.6 Å². The van der Waals surface area contributed by atoms with Gasteiger partial charge in [-0.25, -0.2) is 4.79 Å². The number of ether oxygens (including phenoxy) is 1. The Morgan fingerprint density at radius 1 is 1.00 bits per heavy atom. The average molecular weight is 458 g/mol. The molecule has 0 aliphatic carbocycles. The van der Waals surface area contributed by atoms with Crippen molar-refractivity contribution in [3.63, 3.8) is 0 Å². The van der Waals surface area contributed by atoms with E-state index in [0.29, 0.717) is 16.1 Å². The number of hydrogen-bond donors (Lipinski definition) is 1. The first-order chi connectivity index (χ1) is 13.3. The number of benzene rings is 2. The zero-order chi connectivity index (χ0) is 20.4. The van der Waals surface area contributed by atoms with Crippen LogP contribution in [0.2, 0.25) is 0 Å². The Hall–Kier alpha value is -2.44. The van der Waals surface area contributed by atoms with Crippen molar-refractivity contribution in [3.8, 4) is 11.1 Å². The molecule has 0 atom stereocenters. The smallest absolute Gasteiger partial charge is 0.341 e. The van der Waals surface area contributed by atoms with Crippen molar-refractivity contribution in [2.75, 3.05) is 12.4 Å². The van der Waals surface area contributed by atoms with Gasteiger partial charge in [0.05, 0.1) is 7.11 Å². The van der Waals surface area contributed by atoms with Crippen LogP contribution in [-0.2, 0) is 4.74 Å². The van der Waals surface area contributed by atoms with Crippen LogP contribution in [0.25, 0.3) is 11.1 Å². The van der Waals surface area contributed by atoms with Crippen LogP contribution in [0.1, 0.15) is 36.7 Å². The number of aryl methyl sites for hydroxylation is 3. The van der Waals surface area contributed by atoms with Crippen LogP contribution < -0.4 is 5.32 Å². The minimum Gasteiger partial charge on any atom is -0.465 e. The standard InChI is InChI=1S/C22H20BrNO3S/c1-12-5-6-16(11-13(12)2)20(25)24-21-19(22(26)27-4)18(14(3)28-21)15-7-9-17(23)10-8-15/h5-11H,1-4H3,(H,24,25). The molecule has 0 unspecified atom stereocenters. The van der Waals surface area contributed by atoms with Crippen LogP contribution in [0.5, 0.6) is 0 Å². The first kappa shape index (κ1) is 20.3. The molecule has 144 valence electrons. The molecule has 0 spiro atoms. The monoisotopic (exact) mass is 457 g/mol. The Bertz CT molecular complexity index is 1050. The molecule has 0 saturated heterocycles. The van der Waals surface area contributed by atoms with Gasteiger partial charge in [-0.1, -0.05) is 34.1 Å². The van der Waals surface area contributed by atoms with E-state index in [-0.39, 0.29) is 5.91 Å². The molecular weight excluding hydrogens is 438 g/mol. The van der Waals surface area contributed by atoms with E-state index < -0.39 is 5.97 Å². The second-order valence-corrected chi connectivity index (χ2v) is 8.63. The molecule has 2 aromatic carbocycles. The highest BCUT2D eigenvalue weighted by atomic mass is 79.9. The minimum absolute atomic E-state index is 0.253. The van der Waals surface area contributed by atoms with Crippen molar-refractivity contribution in [2.24, 2.45) is 0 Å². The molecule has 3 rings (SSSR count). The summed E-state index contributed by atoms with van der Waals surface area (Å²) in [5, 5.41) is 3.39. The Morgan fingerprint density at radius 3 is 2.29 bits per heavy atom. The first-order valence-corrected chi connectivity index (χ1v) is 10.3. The third kappa shape index (κ3) is 4.03. The number of esters is 1. The SMILES string of the molecule is COC(=O)c1c(NC(=O)c2ccc(C)c(C)c2)sc(C)c1-c1ccc(Br)cc1. The molecule has 0 radical (unpaired) electrons. The number of nitrogens with one attached hydrogen (secondary N) is 1. The summed E-state index contributed by atoms with van der Waals surface area (Å²) in [5.41, 5.74) is 4.76. The second-order valence-electron chi connectivity index (χ2n) is 6.49. The van der Waals surface area contributed by atoms with Crippen molar-refractivity contribution >= 4 is 44.1 Å². The molecule has 3 aromatic rings. The van der Waals surface area contributed by atoms with Gasteiger partial charge < -0.3 is 10.1 Å². The molecule has 0 aliphatic rings. The Kier molecular flexibility index (Phi) is 6.01. The third-order valence-electron chi connectivity index (χ3n) is 4.60. The number of thiophene rings is 1. The number of carbonyl (C=O) groups is 2. The van der Waals surface area contributed by atoms with E-state index >= 15 is 0 Å². The van der Waals surface area contributed by atoms with Crippen LogP contribution in [0.4, 0.5) is 5.00 Å². The maximum atomic E-state index is 12.8. The van der Waals surface area contributed by atoms with Crippen LogP contribution in [-0.4, -0.2) is 19.0 Å². The van der Waals surface area contributed by atoms with Crippen molar-refractivity contribution in [1.82, 2.24) is 0 Å². The fraction of sp³-hybridized carbons (Fsp3) is 0.182. The lowest BCUT2D eigenvalue weighted by Crippen LogP contribution is -2.14. The Labute approximate surface area is 176 Å². The van der Waals surface area contributed by atoms with Gasteiger partial charge in [0.25, 0.3) is 5.91 Å². The van der Waals surface area contributed by atoms with E-state index in [1.807, 2.05) is 57.2 Å². The molecule has 0 fully saturated rings. The van der Waals surface area contributed by atoms with E-state index in [0.717, 1.165) is 31.6 Å². The van der Waals surface area contributed by atoms with E-state index in [4.69, 9.17) is 4.74 Å². The summed E-state index contributed by atoms with van der Waals surface area (Å²) in [7, 11) is 1.34. The molecule has 4 nitrogen and oxygen atoms in total. The third-order valence-corrected chi connectivity index (χ3v) is 6.15. The van der Waals surface area contributed by atoms with Crippen LogP contribution in [0, 0.1) is 20.8 Å². The topological polar surface area (TPSA) is 55.4 Å². The average Bonchev–Trinajstić information content (AvgIpc) is 2.99. The predicted octanol–water partition coefficient (Wildman–Crippen LogP) is 6.14. The van der Waals surface area contributed by atoms with Crippen molar-refractivity contribution in [1.29, 1.82) is 0 Å². The first-order valence-electron chi connectivity index (χ1n) is 8.68. The zero-order valence-corrected chi connectivity index (χ0v) is 18.5. The maximum absolute atomic E-state index is 12.8. The molecule has 0 saturated carbocycles. The lowest BCUT2D eigenvalue weighted by Gasteiger charge is -2.09. The zero-order valence-electron chi connectivity index (χ0n) is 16.1. The van der Waals surface area contributed by atoms with Crippen LogP contribution >= 0.6 is 27.3 Å². The number of halogens is 1. The van der Waals surface area contributed by atoms with E-state index in [1.54, 1.807) is 6.07 Å². The largest absolute Gasteiger partial charge is 0.465 e. The summed E-state index contributed by atoms with van der Waals surface area (Å²) in [6, 6.07) is 13.2. The molecule has 0 bridgehead atoms. The highest BCUT2D eigenvalue weighted by Crippen LogP contribution is 2.40. The summed E-state index contributed by atoms with van der Waals surface area (Å²) in [6.07, 6.45) is 0. The fourth-order valence-electron chi connectivity index (χ4n) is 2.95. The van der Waals surface area contributed by atoms with E-state index in [9.17, 15) is 9.59 Å². The number of amides is 1. The van der Waals surface area contributed by atoms with Gasteiger partial charge in [-0.05, 0) is 61.7 Å². The molecule has 1 amide bonds. The van der Waals surface area contributed by atoms with Crippen molar-refractivity contribution in [3.05, 3.63) is 74.1 Å². The quantitative estimate of drug-likeness (QED) is 0.478. The minimum atomic E-state index is -0.474. The summed E-state index contributed by atoms with van der Waals surface area (Å²) in [6.45, 7) is 5.90. The van der Waals surface area contributed by atoms with E-state index in [2.05, 4.69) is 21.2 Å². The number of rotatable bonds is 4. The molecule has 0 aliphatic heterocycles. The highest BCUT2D eigenvalue weighted by molar-refractivity contribution is 9.10. The summed E-state index contributed by atoms with van der Waals surface area (Å²) < 4.78 is 5.96. The highest BCUT2D eigenvalue weighted by Gasteiger charge is 2.25. The molecule has 6 heteroatoms. The molecule has 1 heterocycles. The number of carbonyl (C=O) groups excluding carboxylic acids is 2. The predicted molar refractivity (Wildman–Crippen MR) is 117 cm³/mol. The Balaban J connectivity index is 2.04. The van der Waals surface area contributed by atoms with Crippen LogP contribution in [0.3, 0.4) is 0 Å². The molecular formula is C22H20BrNO3S. The van der Waals surface area contributed by atoms with Crippen molar-refractivity contribution < 1.29 is 14.3 Å². The molecule has 1 N–H and O–H groups in total. The number of methoxy groups -OCH3 is 1. The van der Waals surface area contributed by atoms with Crippen molar-refractivity contribution in [2.45, 2.75) is 20.8 Å². The van der Waals surface area contributed by atoms with Gasteiger partial charge in [-0.3, -0.25) is 4.79 Å². The molecule has 28 heavy (non-hydrogen) atoms. The normalized spacial score (nSPS) is 10.6. The van der Waals surface area contributed by atoms with Gasteiger partial charge in [-0.2, -0.15) is 0 Å². The van der Waals surface area contributed by atoms with Crippen LogP contribution in [0.15, 0.2) is 46.9 Å². The number of hydrogen-bond acceptors (Lipinski definition) is 4. The fourth-order valence-corrected chi connectivity index (χ4v) is 4.28. The Morgan fingerprint density at radius 2 is 1.68 bits per heavy atom. The number of anilines is 1. The maximum Gasteiger partial charge on any atom is 0.341 e. The van der Waals surface area contributed by atoms with E-state index in [1.165, 1.54) is 18.4 Å². The van der Waals surface area contributed by atoms with Gasteiger partial charge in [-0.15, -0.1) is 11.3 Å². The van der Waals surface area contributed by atoms with Gasteiger partial charge in [0.2, 0.25) is 0 Å². The lowest BCUT2D eigenvalue weighted by molar-refractivity contribution is 0.0603. The van der Waals surface area contributed by atoms with Gasteiger partial charge in [0.15, 0.2) is 0 Å². The summed E-state index contributed by atoms with van der Waals surface area (Å²) in [4.78, 5) is 26.3. The lowest BCUT2D eigenvalue weighted by atomic mass is 10.0. The second kappa shape index (κ2) is 8.29. The molecule has 1 aromatic heterocycles. The van der Waals surface area contributed by atoms with Gasteiger partial charge >= 0.3 is 5.97 Å².